The predicted molar refractivity (Wildman–Crippen MR) is 231 cm³/mol. The van der Waals surface area contributed by atoms with Crippen molar-refractivity contribution in [2.45, 2.75) is 134 Å². The van der Waals surface area contributed by atoms with E-state index < -0.39 is 22.6 Å². The van der Waals surface area contributed by atoms with Gasteiger partial charge in [-0.3, -0.25) is 0 Å². The summed E-state index contributed by atoms with van der Waals surface area (Å²) in [6, 6.07) is 36.4. The first-order valence-corrected chi connectivity index (χ1v) is 39.2. The molecule has 4 aromatic carbocycles. The summed E-state index contributed by atoms with van der Waals surface area (Å²) in [6.45, 7) is 18.6. The van der Waals surface area contributed by atoms with Gasteiger partial charge in [0.05, 0.1) is 0 Å². The molecule has 0 saturated heterocycles. The third-order valence-corrected chi connectivity index (χ3v) is 69.2. The van der Waals surface area contributed by atoms with E-state index in [1.54, 1.807) is 11.1 Å². The average molecular weight is 874 g/mol. The van der Waals surface area contributed by atoms with Crippen LogP contribution in [-0.2, 0) is 28.0 Å². The summed E-state index contributed by atoms with van der Waals surface area (Å²) >= 11 is -3.99. The molecule has 2 aliphatic carbocycles. The van der Waals surface area contributed by atoms with Crippen molar-refractivity contribution in [1.82, 2.24) is 0 Å². The fourth-order valence-electron chi connectivity index (χ4n) is 9.75. The van der Waals surface area contributed by atoms with Crippen molar-refractivity contribution in [2.75, 3.05) is 0 Å². The van der Waals surface area contributed by atoms with Crippen LogP contribution in [0.3, 0.4) is 0 Å². The van der Waals surface area contributed by atoms with Crippen molar-refractivity contribution < 1.29 is 17.1 Å². The number of unbranched alkanes of at least 4 members (excludes halogenated alkanes) is 4. The number of rotatable bonds is 12. The van der Waals surface area contributed by atoms with Gasteiger partial charge in [0, 0.05) is 0 Å². The Morgan fingerprint density at radius 1 is 0.519 bits per heavy atom. The average Bonchev–Trinajstić information content (AvgIpc) is 3.77. The van der Waals surface area contributed by atoms with Crippen molar-refractivity contribution in [2.24, 2.45) is 0 Å². The minimum atomic E-state index is -3.99. The molecule has 4 aromatic rings. The third kappa shape index (κ3) is 7.42. The van der Waals surface area contributed by atoms with Crippen LogP contribution >= 0.6 is 0 Å². The molecule has 0 amide bonds. The van der Waals surface area contributed by atoms with Crippen LogP contribution in [0.25, 0.3) is 34.4 Å². The summed E-state index contributed by atoms with van der Waals surface area (Å²) in [6.07, 6.45) is 18.7. The Labute approximate surface area is 318 Å². The van der Waals surface area contributed by atoms with Gasteiger partial charge in [0.1, 0.15) is 0 Å². The molecule has 0 N–H and O–H groups in total. The molecular formula is C50H66HfSi. The van der Waals surface area contributed by atoms with E-state index in [1.807, 2.05) is 0 Å². The van der Waals surface area contributed by atoms with E-state index in [1.165, 1.54) is 95.1 Å². The Morgan fingerprint density at radius 2 is 0.904 bits per heavy atom. The van der Waals surface area contributed by atoms with Gasteiger partial charge in [-0.1, -0.05) is 0 Å². The molecule has 0 saturated carbocycles. The Kier molecular flexibility index (Phi) is 11.5. The van der Waals surface area contributed by atoms with Crippen LogP contribution in [0.15, 0.2) is 97.1 Å². The summed E-state index contributed by atoms with van der Waals surface area (Å²) in [5.41, 5.74) is 14.2. The van der Waals surface area contributed by atoms with Gasteiger partial charge in [-0.15, -0.1) is 0 Å². The van der Waals surface area contributed by atoms with Crippen LogP contribution in [0, 0.1) is 0 Å². The predicted octanol–water partition coefficient (Wildman–Crippen LogP) is 15.6. The van der Waals surface area contributed by atoms with E-state index in [2.05, 4.69) is 174 Å². The Morgan fingerprint density at radius 3 is 1.25 bits per heavy atom. The quantitative estimate of drug-likeness (QED) is 0.0983. The first kappa shape index (κ1) is 39.1. The fraction of sp³-hybridized carbons (Fsp3) is 0.440. The minimum absolute atomic E-state index is 0.155. The molecule has 2 unspecified atom stereocenters. The van der Waals surface area contributed by atoms with Gasteiger partial charge in [0.15, 0.2) is 0 Å². The zero-order valence-corrected chi connectivity index (χ0v) is 38.8. The molecule has 274 valence electrons. The topological polar surface area (TPSA) is 0 Å². The number of hydrogen-bond donors (Lipinski definition) is 0. The fourth-order valence-corrected chi connectivity index (χ4v) is 63.2. The molecule has 2 atom stereocenters. The third-order valence-electron chi connectivity index (χ3n) is 13.2. The molecule has 0 aromatic heterocycles. The van der Waals surface area contributed by atoms with Crippen molar-refractivity contribution in [3.05, 3.63) is 130 Å². The maximum absolute atomic E-state index is 3.99. The molecule has 0 bridgehead atoms. The maximum atomic E-state index is 2.97. The van der Waals surface area contributed by atoms with Gasteiger partial charge < -0.3 is 0 Å². The zero-order valence-electron chi connectivity index (χ0n) is 34.2. The Hall–Kier alpha value is -2.55. The van der Waals surface area contributed by atoms with Crippen LogP contribution in [0.1, 0.15) is 135 Å². The second-order valence-corrected chi connectivity index (χ2v) is 65.0. The summed E-state index contributed by atoms with van der Waals surface area (Å²) in [5, 5.41) is 0. The zero-order chi connectivity index (χ0) is 37.3. The molecule has 52 heavy (non-hydrogen) atoms. The number of allylic oxidation sites excluding steroid dienone is 2. The molecule has 2 aliphatic rings. The van der Waals surface area contributed by atoms with Crippen molar-refractivity contribution in [3.8, 4) is 22.3 Å². The van der Waals surface area contributed by atoms with Crippen molar-refractivity contribution >= 4 is 17.6 Å². The van der Waals surface area contributed by atoms with E-state index in [-0.39, 0.29) is 10.8 Å². The van der Waals surface area contributed by atoms with E-state index in [9.17, 15) is 0 Å². The molecular weight excluding hydrogens is 807 g/mol. The van der Waals surface area contributed by atoms with Crippen LogP contribution < -0.4 is 0 Å². The molecule has 0 nitrogen and oxygen atoms in total. The number of hydrogen-bond acceptors (Lipinski definition) is 0. The van der Waals surface area contributed by atoms with Crippen molar-refractivity contribution in [3.63, 3.8) is 0 Å². The Balaban J connectivity index is 1.53. The summed E-state index contributed by atoms with van der Waals surface area (Å²) < 4.78 is 7.06. The Bertz CT molecular complexity index is 1880. The number of fused-ring (bicyclic) bond motifs is 2. The molecule has 0 fully saturated rings. The number of benzene rings is 4. The second-order valence-electron chi connectivity index (χ2n) is 19.1. The van der Waals surface area contributed by atoms with Crippen LogP contribution in [0.5, 0.6) is 0 Å². The normalized spacial score (nSPS) is 17.1. The van der Waals surface area contributed by atoms with Gasteiger partial charge >= 0.3 is 321 Å². The van der Waals surface area contributed by atoms with Crippen LogP contribution in [0.4, 0.5) is 0 Å². The molecule has 6 rings (SSSR count). The van der Waals surface area contributed by atoms with Crippen LogP contribution in [-0.4, -0.2) is 5.49 Å². The van der Waals surface area contributed by atoms with E-state index in [4.69, 9.17) is 0 Å². The van der Waals surface area contributed by atoms with Crippen molar-refractivity contribution in [1.29, 1.82) is 0 Å². The van der Waals surface area contributed by atoms with Gasteiger partial charge in [0.2, 0.25) is 0 Å². The summed E-state index contributed by atoms with van der Waals surface area (Å²) in [7, 11) is 0. The molecule has 0 aliphatic heterocycles. The molecule has 0 spiro atoms. The van der Waals surface area contributed by atoms with Gasteiger partial charge in [0.25, 0.3) is 0 Å². The summed E-state index contributed by atoms with van der Waals surface area (Å²) in [4.78, 5) is 0. The first-order valence-electron chi connectivity index (χ1n) is 20.6. The molecule has 0 radical (unpaired) electrons. The SMILES string of the molecule is CCCCC[Si](CCCCC)=[Hf]([CH3])([CH3])([CH]1C=Cc2c(-c3ccc(C(C)(C)C)cc3)cccc21)[CH]1C=Cc2c(-c3ccc(C(C)(C)C)cc3)cccc21. The molecule has 2 heteroatoms. The van der Waals surface area contributed by atoms with Gasteiger partial charge in [-0.25, -0.2) is 0 Å². The monoisotopic (exact) mass is 874 g/mol. The van der Waals surface area contributed by atoms with Crippen LogP contribution in [0.2, 0.25) is 21.4 Å². The standard InChI is InChI=1S/2C19H19.C10H22Si.2CH3.Hf/c2*1-19(2,3)16-12-10-15(11-13-16)18-9-5-7-14-6-4-8-17(14)18;1-3-5-7-9-11-10-8-6-4-2;;;/h2*4-13H,1-3H3;3-10H2,1-2H3;2*1H3;. The van der Waals surface area contributed by atoms with E-state index in [0.717, 1.165) is 0 Å². The van der Waals surface area contributed by atoms with Gasteiger partial charge in [-0.05, 0) is 0 Å². The van der Waals surface area contributed by atoms with E-state index in [0.29, 0.717) is 7.35 Å². The van der Waals surface area contributed by atoms with E-state index >= 15 is 0 Å². The second kappa shape index (κ2) is 15.3. The van der Waals surface area contributed by atoms with Gasteiger partial charge in [-0.2, -0.15) is 0 Å². The summed E-state index contributed by atoms with van der Waals surface area (Å²) in [5.74, 6) is 0. The first-order chi connectivity index (χ1) is 24.7. The molecule has 0 heterocycles.